The molecule has 1 aromatic heterocycles. The number of benzene rings is 1. The maximum absolute atomic E-state index is 12.0. The molecule has 0 fully saturated rings. The van der Waals surface area contributed by atoms with Crippen LogP contribution in [0.4, 0.5) is 5.13 Å². The topological polar surface area (TPSA) is 77.5 Å². The van der Waals surface area contributed by atoms with Crippen LogP contribution in [0, 0.1) is 13.8 Å². The molecule has 1 heterocycles. The highest BCUT2D eigenvalue weighted by Crippen LogP contribution is 2.31. The zero-order valence-corrected chi connectivity index (χ0v) is 15.4. The van der Waals surface area contributed by atoms with Gasteiger partial charge in [-0.15, -0.1) is 0 Å². The molecule has 2 aromatic rings. The first-order valence-electron chi connectivity index (χ1n) is 6.76. The maximum Gasteiger partial charge on any atom is 0.350 e. The van der Waals surface area contributed by atoms with Gasteiger partial charge in [0.05, 0.1) is 17.8 Å². The zero-order valence-electron chi connectivity index (χ0n) is 13.1. The van der Waals surface area contributed by atoms with Crippen LogP contribution in [0.1, 0.15) is 20.9 Å². The number of hydrogen-bond donors (Lipinski definition) is 1. The number of ether oxygens (including phenoxy) is 2. The van der Waals surface area contributed by atoms with Gasteiger partial charge in [0.2, 0.25) is 0 Å². The minimum absolute atomic E-state index is 0.256. The normalized spacial score (nSPS) is 10.4. The molecular formula is C15H14Cl2N2O4S. The van der Waals surface area contributed by atoms with Crippen molar-refractivity contribution in [3.8, 4) is 5.75 Å². The first-order valence-corrected chi connectivity index (χ1v) is 8.33. The molecule has 0 saturated heterocycles. The van der Waals surface area contributed by atoms with Crippen molar-refractivity contribution in [2.45, 2.75) is 13.8 Å². The van der Waals surface area contributed by atoms with Crippen LogP contribution < -0.4 is 10.1 Å². The number of aryl methyl sites for hydroxylation is 2. The lowest BCUT2D eigenvalue weighted by Gasteiger charge is -2.10. The van der Waals surface area contributed by atoms with Gasteiger partial charge in [-0.25, -0.2) is 9.78 Å². The van der Waals surface area contributed by atoms with Gasteiger partial charge in [-0.1, -0.05) is 34.5 Å². The van der Waals surface area contributed by atoms with E-state index in [1.165, 1.54) is 13.2 Å². The van der Waals surface area contributed by atoms with Gasteiger partial charge in [0.25, 0.3) is 5.91 Å². The number of halogens is 2. The van der Waals surface area contributed by atoms with E-state index in [0.717, 1.165) is 16.9 Å². The third-order valence-corrected chi connectivity index (χ3v) is 4.51. The van der Waals surface area contributed by atoms with Crippen molar-refractivity contribution in [2.75, 3.05) is 19.0 Å². The lowest BCUT2D eigenvalue weighted by Crippen LogP contribution is -2.20. The Morgan fingerprint density at radius 2 is 2.00 bits per heavy atom. The van der Waals surface area contributed by atoms with Crippen LogP contribution >= 0.6 is 34.5 Å². The number of thiazole rings is 1. The highest BCUT2D eigenvalue weighted by molar-refractivity contribution is 7.17. The molecule has 0 atom stereocenters. The predicted octanol–water partition coefficient (Wildman–Crippen LogP) is 3.87. The highest BCUT2D eigenvalue weighted by atomic mass is 35.5. The van der Waals surface area contributed by atoms with Gasteiger partial charge < -0.3 is 9.47 Å². The molecule has 9 heteroatoms. The summed E-state index contributed by atoms with van der Waals surface area (Å²) in [6, 6.07) is 3.23. The van der Waals surface area contributed by atoms with Gasteiger partial charge in [-0.2, -0.15) is 0 Å². The summed E-state index contributed by atoms with van der Waals surface area (Å²) < 4.78 is 10.1. The van der Waals surface area contributed by atoms with E-state index in [1.807, 2.05) is 0 Å². The van der Waals surface area contributed by atoms with Gasteiger partial charge in [0, 0.05) is 5.02 Å². The smallest absolute Gasteiger partial charge is 0.350 e. The second kappa shape index (κ2) is 7.83. The SMILES string of the molecule is COC(=O)c1sc(NC(=O)COc2c(C)cc(Cl)cc2Cl)nc1C. The third-order valence-electron chi connectivity index (χ3n) is 2.96. The number of nitrogens with zero attached hydrogens (tertiary/aromatic N) is 1. The summed E-state index contributed by atoms with van der Waals surface area (Å²) >= 11 is 13.0. The summed E-state index contributed by atoms with van der Waals surface area (Å²) in [6.45, 7) is 3.18. The summed E-state index contributed by atoms with van der Waals surface area (Å²) in [5.41, 5.74) is 1.21. The van der Waals surface area contributed by atoms with E-state index in [2.05, 4.69) is 15.0 Å². The number of carbonyl (C=O) groups excluding carboxylic acids is 2. The fourth-order valence-corrected chi connectivity index (χ4v) is 3.45. The summed E-state index contributed by atoms with van der Waals surface area (Å²) in [4.78, 5) is 28.0. The molecule has 1 amide bonds. The molecular weight excluding hydrogens is 375 g/mol. The van der Waals surface area contributed by atoms with Crippen LogP contribution in [-0.2, 0) is 9.53 Å². The van der Waals surface area contributed by atoms with Crippen LogP contribution in [0.25, 0.3) is 0 Å². The largest absolute Gasteiger partial charge is 0.482 e. The Hall–Kier alpha value is -1.83. The van der Waals surface area contributed by atoms with Crippen LogP contribution in [0.5, 0.6) is 5.75 Å². The highest BCUT2D eigenvalue weighted by Gasteiger charge is 2.17. The minimum atomic E-state index is -0.495. The second-order valence-electron chi connectivity index (χ2n) is 4.80. The van der Waals surface area contributed by atoms with E-state index in [1.54, 1.807) is 19.9 Å². The fraction of sp³-hybridized carbons (Fsp3) is 0.267. The molecule has 1 aromatic carbocycles. The molecule has 2 rings (SSSR count). The first-order chi connectivity index (χ1) is 11.3. The van der Waals surface area contributed by atoms with Crippen molar-refractivity contribution < 1.29 is 19.1 Å². The summed E-state index contributed by atoms with van der Waals surface area (Å²) in [6.07, 6.45) is 0. The molecule has 1 N–H and O–H groups in total. The van der Waals surface area contributed by atoms with Crippen molar-refractivity contribution in [1.29, 1.82) is 0 Å². The Balaban J connectivity index is 2.01. The number of rotatable bonds is 5. The number of hydrogen-bond acceptors (Lipinski definition) is 6. The molecule has 128 valence electrons. The Morgan fingerprint density at radius 1 is 1.29 bits per heavy atom. The average Bonchev–Trinajstić information content (AvgIpc) is 2.85. The lowest BCUT2D eigenvalue weighted by molar-refractivity contribution is -0.118. The average molecular weight is 389 g/mol. The number of methoxy groups -OCH3 is 1. The summed E-state index contributed by atoms with van der Waals surface area (Å²) in [5.74, 6) is -0.530. The molecule has 0 aliphatic heterocycles. The zero-order chi connectivity index (χ0) is 17.9. The van der Waals surface area contributed by atoms with E-state index in [9.17, 15) is 9.59 Å². The Bertz CT molecular complexity index is 769. The van der Waals surface area contributed by atoms with Gasteiger partial charge >= 0.3 is 5.97 Å². The predicted molar refractivity (Wildman–Crippen MR) is 93.5 cm³/mol. The number of aromatic nitrogens is 1. The molecule has 6 nitrogen and oxygen atoms in total. The number of carbonyl (C=O) groups is 2. The molecule has 0 radical (unpaired) electrons. The van der Waals surface area contributed by atoms with Crippen LogP contribution in [0.3, 0.4) is 0 Å². The van der Waals surface area contributed by atoms with E-state index in [-0.39, 0.29) is 6.61 Å². The van der Waals surface area contributed by atoms with Crippen molar-refractivity contribution in [3.63, 3.8) is 0 Å². The maximum atomic E-state index is 12.0. The molecule has 0 saturated carbocycles. The molecule has 24 heavy (non-hydrogen) atoms. The van der Waals surface area contributed by atoms with Crippen LogP contribution in [0.15, 0.2) is 12.1 Å². The van der Waals surface area contributed by atoms with Gasteiger partial charge in [-0.3, -0.25) is 10.1 Å². The van der Waals surface area contributed by atoms with Crippen molar-refractivity contribution in [2.24, 2.45) is 0 Å². The first kappa shape index (κ1) is 18.5. The standard InChI is InChI=1S/C15H14Cl2N2O4S/c1-7-4-9(16)5-10(17)12(7)23-6-11(20)19-15-18-8(2)13(24-15)14(21)22-3/h4-5H,6H2,1-3H3,(H,18,19,20). The minimum Gasteiger partial charge on any atom is -0.482 e. The van der Waals surface area contributed by atoms with Gasteiger partial charge in [-0.05, 0) is 31.5 Å². The number of nitrogens with one attached hydrogen (secondary N) is 1. The molecule has 0 aliphatic rings. The fourth-order valence-electron chi connectivity index (χ4n) is 1.90. The monoisotopic (exact) mass is 388 g/mol. The molecule has 0 spiro atoms. The molecule has 0 unspecified atom stereocenters. The quantitative estimate of drug-likeness (QED) is 0.786. The number of esters is 1. The summed E-state index contributed by atoms with van der Waals surface area (Å²) in [5, 5.41) is 3.67. The van der Waals surface area contributed by atoms with E-state index < -0.39 is 11.9 Å². The van der Waals surface area contributed by atoms with Gasteiger partial charge in [0.15, 0.2) is 11.7 Å². The van der Waals surface area contributed by atoms with Crippen molar-refractivity contribution >= 4 is 51.5 Å². The molecule has 0 bridgehead atoms. The summed E-state index contributed by atoms with van der Waals surface area (Å²) in [7, 11) is 1.28. The van der Waals surface area contributed by atoms with E-state index in [0.29, 0.717) is 31.5 Å². The Labute approximate surface area is 152 Å². The van der Waals surface area contributed by atoms with E-state index in [4.69, 9.17) is 27.9 Å². The van der Waals surface area contributed by atoms with Crippen molar-refractivity contribution in [1.82, 2.24) is 4.98 Å². The van der Waals surface area contributed by atoms with Crippen LogP contribution in [-0.4, -0.2) is 30.6 Å². The number of amides is 1. The second-order valence-corrected chi connectivity index (χ2v) is 6.64. The Kier molecular flexibility index (Phi) is 6.04. The number of anilines is 1. The lowest BCUT2D eigenvalue weighted by atomic mass is 10.2. The van der Waals surface area contributed by atoms with Crippen molar-refractivity contribution in [3.05, 3.63) is 38.3 Å². The van der Waals surface area contributed by atoms with E-state index >= 15 is 0 Å². The van der Waals surface area contributed by atoms with Gasteiger partial charge in [0.1, 0.15) is 10.6 Å². The third kappa shape index (κ3) is 4.37. The van der Waals surface area contributed by atoms with Crippen LogP contribution in [0.2, 0.25) is 10.0 Å². The Morgan fingerprint density at radius 3 is 2.62 bits per heavy atom. The molecule has 0 aliphatic carbocycles.